The molecule has 4 rings (SSSR count). The fraction of sp³-hybridized carbons (Fsp3) is 0.375. The minimum absolute atomic E-state index is 0.196. The van der Waals surface area contributed by atoms with Gasteiger partial charge in [0.15, 0.2) is 15.0 Å². The molecule has 13 heteroatoms. The Hall–Kier alpha value is -2.74. The fourth-order valence-electron chi connectivity index (χ4n) is 3.82. The van der Waals surface area contributed by atoms with Crippen molar-refractivity contribution in [2.24, 2.45) is 7.05 Å². The first-order valence-electron chi connectivity index (χ1n) is 11.7. The largest absolute Gasteiger partial charge is 0.325 e. The van der Waals surface area contributed by atoms with Gasteiger partial charge in [0.05, 0.1) is 15.0 Å². The number of benzene rings is 2. The highest BCUT2D eigenvalue weighted by Gasteiger charge is 2.27. The van der Waals surface area contributed by atoms with Crippen molar-refractivity contribution in [3.63, 3.8) is 0 Å². The molecular formula is C24H29N5O5S3. The van der Waals surface area contributed by atoms with E-state index >= 15 is 0 Å². The van der Waals surface area contributed by atoms with Crippen molar-refractivity contribution in [1.29, 1.82) is 0 Å². The lowest BCUT2D eigenvalue weighted by Crippen LogP contribution is -2.27. The Kier molecular flexibility index (Phi) is 8.07. The molecule has 1 fully saturated rings. The smallest absolute Gasteiger partial charge is 0.243 e. The zero-order valence-electron chi connectivity index (χ0n) is 20.8. The summed E-state index contributed by atoms with van der Waals surface area (Å²) in [6, 6.07) is 12.7. The number of nitrogens with zero attached hydrogens (tertiary/aromatic N) is 4. The van der Waals surface area contributed by atoms with Crippen molar-refractivity contribution in [3.8, 4) is 0 Å². The maximum atomic E-state index is 12.8. The number of sulfonamides is 1. The molecule has 10 nitrogen and oxygen atoms in total. The van der Waals surface area contributed by atoms with Crippen LogP contribution in [0.25, 0.3) is 0 Å². The van der Waals surface area contributed by atoms with Crippen LogP contribution in [0.4, 0.5) is 5.69 Å². The van der Waals surface area contributed by atoms with Crippen molar-refractivity contribution < 1.29 is 21.6 Å². The number of aryl methyl sites for hydroxylation is 1. The van der Waals surface area contributed by atoms with Crippen molar-refractivity contribution in [2.45, 2.75) is 52.6 Å². The average molecular weight is 564 g/mol. The van der Waals surface area contributed by atoms with E-state index in [1.807, 2.05) is 6.92 Å². The maximum absolute atomic E-state index is 12.8. The average Bonchev–Trinajstić information content (AvgIpc) is 3.52. The summed E-state index contributed by atoms with van der Waals surface area (Å²) in [7, 11) is -5.46. The summed E-state index contributed by atoms with van der Waals surface area (Å²) in [4.78, 5) is 13.2. The number of rotatable bonds is 9. The van der Waals surface area contributed by atoms with Gasteiger partial charge in [0.1, 0.15) is 11.6 Å². The number of hydrogen-bond donors (Lipinski definition) is 1. The topological polar surface area (TPSA) is 131 Å². The maximum Gasteiger partial charge on any atom is 0.243 e. The Balaban J connectivity index is 1.38. The van der Waals surface area contributed by atoms with Crippen LogP contribution in [0, 0.1) is 6.92 Å². The number of thioether (sulfide) groups is 1. The summed E-state index contributed by atoms with van der Waals surface area (Å²) in [6.07, 6.45) is 1.72. The van der Waals surface area contributed by atoms with Gasteiger partial charge in [0.25, 0.3) is 0 Å². The van der Waals surface area contributed by atoms with Crippen LogP contribution in [-0.2, 0) is 37.5 Å². The van der Waals surface area contributed by atoms with Crippen molar-refractivity contribution in [2.75, 3.05) is 18.4 Å². The van der Waals surface area contributed by atoms with Crippen LogP contribution in [0.2, 0.25) is 0 Å². The molecule has 0 bridgehead atoms. The number of amides is 1. The summed E-state index contributed by atoms with van der Waals surface area (Å²) in [6.45, 7) is 4.63. The number of carbonyl (C=O) groups is 1. The lowest BCUT2D eigenvalue weighted by Gasteiger charge is -2.16. The summed E-state index contributed by atoms with van der Waals surface area (Å²) in [5.41, 5.74) is 1.44. The third-order valence-corrected chi connectivity index (χ3v) is 10.8. The van der Waals surface area contributed by atoms with E-state index in [1.165, 1.54) is 16.4 Å². The van der Waals surface area contributed by atoms with Crippen molar-refractivity contribution in [1.82, 2.24) is 19.1 Å². The first kappa shape index (κ1) is 27.3. The molecule has 1 amide bonds. The van der Waals surface area contributed by atoms with Crippen LogP contribution in [0.1, 0.15) is 31.2 Å². The van der Waals surface area contributed by atoms with Gasteiger partial charge in [0.2, 0.25) is 15.9 Å². The number of hydrogen-bond acceptors (Lipinski definition) is 8. The second-order valence-electron chi connectivity index (χ2n) is 8.91. The van der Waals surface area contributed by atoms with Gasteiger partial charge in [-0.25, -0.2) is 16.8 Å². The van der Waals surface area contributed by atoms with Crippen LogP contribution in [-0.4, -0.2) is 60.2 Å². The SMILES string of the molecule is Cc1ccc(S(=O)(=O)Cc2nnc(SC(C)C(=O)Nc3ccc(S(=O)(=O)N4CCCC4)cc3)n2C)cc1. The van der Waals surface area contributed by atoms with Gasteiger partial charge in [0, 0.05) is 25.8 Å². The Morgan fingerprint density at radius 2 is 1.57 bits per heavy atom. The molecule has 0 spiro atoms. The lowest BCUT2D eigenvalue weighted by molar-refractivity contribution is -0.115. The highest BCUT2D eigenvalue weighted by Crippen LogP contribution is 2.26. The minimum Gasteiger partial charge on any atom is -0.325 e. The van der Waals surface area contributed by atoms with Crippen LogP contribution < -0.4 is 5.32 Å². The van der Waals surface area contributed by atoms with E-state index in [0.29, 0.717) is 23.9 Å². The second-order valence-corrected chi connectivity index (χ2v) is 14.2. The van der Waals surface area contributed by atoms with Crippen LogP contribution in [0.15, 0.2) is 63.5 Å². The summed E-state index contributed by atoms with van der Waals surface area (Å²) in [5, 5.41) is 10.7. The summed E-state index contributed by atoms with van der Waals surface area (Å²) >= 11 is 1.15. The molecule has 1 N–H and O–H groups in total. The lowest BCUT2D eigenvalue weighted by atomic mass is 10.2. The third-order valence-electron chi connectivity index (χ3n) is 6.10. The standard InChI is InChI=1S/C24H29N5O5S3/c1-17-6-10-20(11-7-17)36(31,32)16-22-26-27-24(28(22)3)35-18(2)23(30)25-19-8-12-21(13-9-19)37(33,34)29-14-4-5-15-29/h6-13,18H,4-5,14-16H2,1-3H3,(H,25,30). The number of carbonyl (C=O) groups excluding carboxylic acids is 1. The number of aromatic nitrogens is 3. The van der Waals surface area contributed by atoms with E-state index in [9.17, 15) is 21.6 Å². The van der Waals surface area contributed by atoms with Crippen LogP contribution in [0.3, 0.4) is 0 Å². The molecule has 0 radical (unpaired) electrons. The predicted octanol–water partition coefficient (Wildman–Crippen LogP) is 3.00. The van der Waals surface area contributed by atoms with Crippen LogP contribution >= 0.6 is 11.8 Å². The minimum atomic E-state index is -3.60. The monoisotopic (exact) mass is 563 g/mol. The molecule has 1 aromatic heterocycles. The Morgan fingerprint density at radius 1 is 0.973 bits per heavy atom. The molecule has 1 saturated heterocycles. The van der Waals surface area contributed by atoms with Gasteiger partial charge in [-0.3, -0.25) is 4.79 Å². The quantitative estimate of drug-likeness (QED) is 0.393. The second kappa shape index (κ2) is 10.9. The molecule has 1 unspecified atom stereocenters. The Morgan fingerprint density at radius 3 is 2.19 bits per heavy atom. The molecule has 2 aromatic carbocycles. The van der Waals surface area contributed by atoms with Gasteiger partial charge in [-0.05, 0) is 63.1 Å². The Labute approximate surface area is 221 Å². The molecule has 1 aliphatic heterocycles. The third kappa shape index (κ3) is 6.22. The number of nitrogens with one attached hydrogen (secondary N) is 1. The molecule has 1 aliphatic rings. The van der Waals surface area contributed by atoms with Crippen LogP contribution in [0.5, 0.6) is 0 Å². The van der Waals surface area contributed by atoms with Gasteiger partial charge in [-0.15, -0.1) is 10.2 Å². The van der Waals surface area contributed by atoms with E-state index in [0.717, 1.165) is 30.2 Å². The molecular weight excluding hydrogens is 534 g/mol. The molecule has 37 heavy (non-hydrogen) atoms. The zero-order valence-corrected chi connectivity index (χ0v) is 23.2. The Bertz CT molecular complexity index is 1480. The molecule has 0 saturated carbocycles. The van der Waals surface area contributed by atoms with Gasteiger partial charge >= 0.3 is 0 Å². The normalized spacial score (nSPS) is 15.5. The molecule has 0 aliphatic carbocycles. The molecule has 3 aromatic rings. The number of anilines is 1. The first-order valence-corrected chi connectivity index (χ1v) is 15.7. The number of sulfone groups is 1. The molecule has 2 heterocycles. The van der Waals surface area contributed by atoms with Gasteiger partial charge < -0.3 is 9.88 Å². The summed E-state index contributed by atoms with van der Waals surface area (Å²) < 4.78 is 53.9. The highest BCUT2D eigenvalue weighted by molar-refractivity contribution is 8.00. The van der Waals surface area contributed by atoms with Gasteiger partial charge in [-0.2, -0.15) is 4.31 Å². The first-order chi connectivity index (χ1) is 17.5. The van der Waals surface area contributed by atoms with E-state index in [-0.39, 0.29) is 27.3 Å². The van der Waals surface area contributed by atoms with E-state index < -0.39 is 25.1 Å². The van der Waals surface area contributed by atoms with E-state index in [1.54, 1.807) is 54.9 Å². The zero-order chi connectivity index (χ0) is 26.8. The molecule has 1 atom stereocenters. The molecule has 198 valence electrons. The predicted molar refractivity (Wildman–Crippen MR) is 141 cm³/mol. The van der Waals surface area contributed by atoms with E-state index in [2.05, 4.69) is 15.5 Å². The van der Waals surface area contributed by atoms with Crippen molar-refractivity contribution >= 4 is 43.2 Å². The van der Waals surface area contributed by atoms with Gasteiger partial charge in [-0.1, -0.05) is 29.5 Å². The highest BCUT2D eigenvalue weighted by atomic mass is 32.2. The fourth-order valence-corrected chi connectivity index (χ4v) is 7.48. The van der Waals surface area contributed by atoms with E-state index in [4.69, 9.17) is 0 Å². The summed E-state index contributed by atoms with van der Waals surface area (Å²) in [5.74, 6) is -0.352. The van der Waals surface area contributed by atoms with Crippen molar-refractivity contribution in [3.05, 3.63) is 59.9 Å².